The van der Waals surface area contributed by atoms with Crippen LogP contribution in [0.25, 0.3) is 10.6 Å². The Hall–Kier alpha value is -2.38. The molecule has 0 aliphatic carbocycles. The molecule has 2 aromatic heterocycles. The summed E-state index contributed by atoms with van der Waals surface area (Å²) in [7, 11) is 0. The van der Waals surface area contributed by atoms with Gasteiger partial charge in [-0.15, -0.1) is 11.3 Å². The molecular formula is C22H22F2N4S. The van der Waals surface area contributed by atoms with Crippen molar-refractivity contribution in [3.05, 3.63) is 64.8 Å². The molecule has 150 valence electrons. The lowest BCUT2D eigenvalue weighted by molar-refractivity contribution is 0.374. The molecule has 0 amide bonds. The van der Waals surface area contributed by atoms with E-state index in [9.17, 15) is 8.78 Å². The normalized spacial score (nSPS) is 24.0. The summed E-state index contributed by atoms with van der Waals surface area (Å²) in [5.74, 6) is 0.437. The van der Waals surface area contributed by atoms with E-state index < -0.39 is 11.6 Å². The number of nitrogens with one attached hydrogen (secondary N) is 1. The number of halogens is 2. The summed E-state index contributed by atoms with van der Waals surface area (Å²) in [5.41, 5.74) is 1.21. The standard InChI is InChI=1S/C22H22F2N4S/c1-13-21(27-22(29-13)14-4-3-8-25-11-14)28-9-7-18-15(12-28)10-19(26-18)20-16(23)5-2-6-17(20)24/h2-6,8,11,15,18-19,26H,7,9-10,12H2,1H3. The van der Waals surface area contributed by atoms with E-state index in [4.69, 9.17) is 4.98 Å². The SMILES string of the molecule is Cc1sc(-c2cccnc2)nc1N1CCC2NC(c3c(F)cccc3F)CC2C1. The number of aryl methyl sites for hydroxylation is 1. The highest BCUT2D eigenvalue weighted by atomic mass is 32.1. The van der Waals surface area contributed by atoms with E-state index in [1.807, 2.05) is 18.3 Å². The highest BCUT2D eigenvalue weighted by molar-refractivity contribution is 7.15. The average molecular weight is 413 g/mol. The predicted octanol–water partition coefficient (Wildman–Crippen LogP) is 4.72. The van der Waals surface area contributed by atoms with Gasteiger partial charge in [0.25, 0.3) is 0 Å². The second-order valence-electron chi connectivity index (χ2n) is 7.83. The third kappa shape index (κ3) is 3.42. The van der Waals surface area contributed by atoms with Crippen molar-refractivity contribution in [2.45, 2.75) is 31.8 Å². The summed E-state index contributed by atoms with van der Waals surface area (Å²) in [6, 6.07) is 8.06. The van der Waals surface area contributed by atoms with Crippen molar-refractivity contribution >= 4 is 17.2 Å². The van der Waals surface area contributed by atoms with Crippen LogP contribution in [-0.2, 0) is 0 Å². The molecule has 4 nitrogen and oxygen atoms in total. The van der Waals surface area contributed by atoms with Crippen LogP contribution in [0.3, 0.4) is 0 Å². The van der Waals surface area contributed by atoms with Crippen LogP contribution in [0.1, 0.15) is 29.3 Å². The smallest absolute Gasteiger partial charge is 0.143 e. The van der Waals surface area contributed by atoms with Crippen molar-refractivity contribution in [2.75, 3.05) is 18.0 Å². The number of aromatic nitrogens is 2. The number of hydrogen-bond acceptors (Lipinski definition) is 5. The Kier molecular flexibility index (Phi) is 4.80. The minimum atomic E-state index is -0.463. The van der Waals surface area contributed by atoms with E-state index in [2.05, 4.69) is 22.1 Å². The van der Waals surface area contributed by atoms with E-state index in [0.717, 1.165) is 42.3 Å². The maximum Gasteiger partial charge on any atom is 0.143 e. The fourth-order valence-corrected chi connectivity index (χ4v) is 5.58. The van der Waals surface area contributed by atoms with Crippen LogP contribution in [-0.4, -0.2) is 29.1 Å². The van der Waals surface area contributed by atoms with E-state index >= 15 is 0 Å². The molecule has 1 N–H and O–H groups in total. The van der Waals surface area contributed by atoms with Gasteiger partial charge in [0.1, 0.15) is 22.5 Å². The van der Waals surface area contributed by atoms with Crippen LogP contribution in [0.2, 0.25) is 0 Å². The Morgan fingerprint density at radius 2 is 2.00 bits per heavy atom. The number of hydrogen-bond donors (Lipinski definition) is 1. The number of anilines is 1. The molecule has 3 atom stereocenters. The van der Waals surface area contributed by atoms with E-state index in [-0.39, 0.29) is 17.6 Å². The molecule has 2 aliphatic heterocycles. The largest absolute Gasteiger partial charge is 0.355 e. The van der Waals surface area contributed by atoms with Gasteiger partial charge in [0, 0.05) is 53.6 Å². The predicted molar refractivity (Wildman–Crippen MR) is 111 cm³/mol. The minimum absolute atomic E-state index is 0.178. The van der Waals surface area contributed by atoms with Gasteiger partial charge >= 0.3 is 0 Å². The molecule has 0 saturated carbocycles. The molecule has 7 heteroatoms. The lowest BCUT2D eigenvalue weighted by Crippen LogP contribution is -2.45. The van der Waals surface area contributed by atoms with Gasteiger partial charge in [-0.2, -0.15) is 0 Å². The number of benzene rings is 1. The fraction of sp³-hybridized carbons (Fsp3) is 0.364. The van der Waals surface area contributed by atoms with Crippen molar-refractivity contribution < 1.29 is 8.78 Å². The Balaban J connectivity index is 1.35. The maximum absolute atomic E-state index is 14.2. The summed E-state index contributed by atoms with van der Waals surface area (Å²) in [6.45, 7) is 3.84. The van der Waals surface area contributed by atoms with Crippen LogP contribution in [0.15, 0.2) is 42.7 Å². The fourth-order valence-electron chi connectivity index (χ4n) is 4.65. The monoisotopic (exact) mass is 412 g/mol. The van der Waals surface area contributed by atoms with Gasteiger partial charge in [-0.25, -0.2) is 13.8 Å². The first kappa shape index (κ1) is 18.6. The molecule has 0 bridgehead atoms. The lowest BCUT2D eigenvalue weighted by Gasteiger charge is -2.35. The Morgan fingerprint density at radius 1 is 1.17 bits per heavy atom. The summed E-state index contributed by atoms with van der Waals surface area (Å²) >= 11 is 1.68. The van der Waals surface area contributed by atoms with Gasteiger partial charge in [0.2, 0.25) is 0 Å². The summed E-state index contributed by atoms with van der Waals surface area (Å²) in [6.07, 6.45) is 5.27. The average Bonchev–Trinajstić information content (AvgIpc) is 3.31. The Morgan fingerprint density at radius 3 is 2.76 bits per heavy atom. The molecule has 1 aromatic carbocycles. The maximum atomic E-state index is 14.2. The quantitative estimate of drug-likeness (QED) is 0.676. The summed E-state index contributed by atoms with van der Waals surface area (Å²) in [5, 5.41) is 4.45. The number of fused-ring (bicyclic) bond motifs is 1. The highest BCUT2D eigenvalue weighted by Gasteiger charge is 2.40. The highest BCUT2D eigenvalue weighted by Crippen LogP contribution is 2.40. The van der Waals surface area contributed by atoms with Gasteiger partial charge in [-0.05, 0) is 49.9 Å². The zero-order valence-electron chi connectivity index (χ0n) is 16.1. The number of nitrogens with zero attached hydrogens (tertiary/aromatic N) is 3. The van der Waals surface area contributed by atoms with Crippen molar-refractivity contribution in [3.63, 3.8) is 0 Å². The number of rotatable bonds is 3. The zero-order chi connectivity index (χ0) is 20.0. The Labute approximate surface area is 172 Å². The molecule has 2 fully saturated rings. The van der Waals surface area contributed by atoms with Gasteiger partial charge in [0.05, 0.1) is 0 Å². The third-order valence-corrected chi connectivity index (χ3v) is 7.03. The molecule has 2 aliphatic rings. The first-order valence-corrected chi connectivity index (χ1v) is 10.7. The molecule has 5 rings (SSSR count). The molecule has 29 heavy (non-hydrogen) atoms. The molecule has 0 spiro atoms. The van der Waals surface area contributed by atoms with Crippen molar-refractivity contribution in [1.29, 1.82) is 0 Å². The second-order valence-corrected chi connectivity index (χ2v) is 9.04. The van der Waals surface area contributed by atoms with E-state index in [1.54, 1.807) is 17.5 Å². The molecule has 2 saturated heterocycles. The van der Waals surface area contributed by atoms with Gasteiger partial charge < -0.3 is 10.2 Å². The third-order valence-electron chi connectivity index (χ3n) is 6.02. The summed E-state index contributed by atoms with van der Waals surface area (Å²) in [4.78, 5) is 12.6. The van der Waals surface area contributed by atoms with Gasteiger partial charge in [-0.3, -0.25) is 4.98 Å². The van der Waals surface area contributed by atoms with Crippen molar-refractivity contribution in [2.24, 2.45) is 5.92 Å². The van der Waals surface area contributed by atoms with Crippen LogP contribution in [0.4, 0.5) is 14.6 Å². The minimum Gasteiger partial charge on any atom is -0.355 e. The zero-order valence-corrected chi connectivity index (χ0v) is 16.9. The van der Waals surface area contributed by atoms with Crippen LogP contribution >= 0.6 is 11.3 Å². The van der Waals surface area contributed by atoms with Crippen LogP contribution in [0, 0.1) is 24.5 Å². The van der Waals surface area contributed by atoms with Crippen molar-refractivity contribution in [3.8, 4) is 10.6 Å². The lowest BCUT2D eigenvalue weighted by atomic mass is 9.91. The molecule has 0 radical (unpaired) electrons. The molecule has 4 heterocycles. The second kappa shape index (κ2) is 7.46. The van der Waals surface area contributed by atoms with Gasteiger partial charge in [0.15, 0.2) is 0 Å². The molecule has 3 unspecified atom stereocenters. The first-order valence-electron chi connectivity index (χ1n) is 9.93. The molecule has 3 aromatic rings. The van der Waals surface area contributed by atoms with E-state index in [0.29, 0.717) is 5.92 Å². The first-order chi connectivity index (χ1) is 14.1. The summed E-state index contributed by atoms with van der Waals surface area (Å²) < 4.78 is 28.5. The Bertz CT molecular complexity index is 1000. The van der Waals surface area contributed by atoms with Crippen molar-refractivity contribution in [1.82, 2.24) is 15.3 Å². The van der Waals surface area contributed by atoms with E-state index in [1.165, 1.54) is 23.1 Å². The topological polar surface area (TPSA) is 41.1 Å². The van der Waals surface area contributed by atoms with Crippen LogP contribution in [0.5, 0.6) is 0 Å². The number of thiazole rings is 1. The number of piperidine rings is 1. The molecular weight excluding hydrogens is 390 g/mol. The van der Waals surface area contributed by atoms with Crippen LogP contribution < -0.4 is 10.2 Å². The number of pyridine rings is 1. The van der Waals surface area contributed by atoms with Gasteiger partial charge in [-0.1, -0.05) is 6.07 Å².